The Morgan fingerprint density at radius 3 is 2.32 bits per heavy atom. The van der Waals surface area contributed by atoms with Crippen molar-refractivity contribution in [1.82, 2.24) is 10.2 Å². The van der Waals surface area contributed by atoms with Gasteiger partial charge in [0.05, 0.1) is 5.75 Å². The number of nitrogens with zero attached hydrogens (tertiary/aromatic N) is 1. The van der Waals surface area contributed by atoms with Crippen molar-refractivity contribution >= 4 is 23.6 Å². The highest BCUT2D eigenvalue weighted by atomic mass is 32.2. The second kappa shape index (κ2) is 11.9. The summed E-state index contributed by atoms with van der Waals surface area (Å²) in [6.07, 6.45) is 0. The largest absolute Gasteiger partial charge is 0.354 e. The van der Waals surface area contributed by atoms with Crippen molar-refractivity contribution in [3.8, 4) is 0 Å². The van der Waals surface area contributed by atoms with Crippen molar-refractivity contribution in [3.63, 3.8) is 0 Å². The van der Waals surface area contributed by atoms with Crippen LogP contribution in [0.15, 0.2) is 42.5 Å². The minimum Gasteiger partial charge on any atom is -0.354 e. The molecule has 0 aromatic heterocycles. The van der Waals surface area contributed by atoms with Crippen LogP contribution in [0.1, 0.15) is 43.0 Å². The zero-order chi connectivity index (χ0) is 23.0. The molecule has 1 unspecified atom stereocenters. The molecule has 31 heavy (non-hydrogen) atoms. The lowest BCUT2D eigenvalue weighted by Gasteiger charge is -2.29. The Labute approximate surface area is 189 Å². The lowest BCUT2D eigenvalue weighted by molar-refractivity contribution is -0.138. The molecule has 0 spiro atoms. The smallest absolute Gasteiger partial charge is 0.242 e. The van der Waals surface area contributed by atoms with Crippen LogP contribution in [-0.4, -0.2) is 35.1 Å². The van der Waals surface area contributed by atoms with Crippen LogP contribution in [0.3, 0.4) is 0 Å². The maximum atomic E-state index is 14.2. The van der Waals surface area contributed by atoms with Gasteiger partial charge in [-0.3, -0.25) is 9.59 Å². The maximum absolute atomic E-state index is 14.2. The Morgan fingerprint density at radius 1 is 1.06 bits per heavy atom. The topological polar surface area (TPSA) is 49.4 Å². The van der Waals surface area contributed by atoms with Gasteiger partial charge in [-0.05, 0) is 38.3 Å². The minimum atomic E-state index is -0.687. The van der Waals surface area contributed by atoms with Gasteiger partial charge in [0.1, 0.15) is 11.9 Å². The number of nitrogens with one attached hydrogen (secondary N) is 1. The molecule has 0 aliphatic rings. The lowest BCUT2D eigenvalue weighted by atomic mass is 10.1. The lowest BCUT2D eigenvalue weighted by Crippen LogP contribution is -2.48. The Hall–Kier alpha value is -2.34. The summed E-state index contributed by atoms with van der Waals surface area (Å²) in [5.41, 5.74) is 3.95. The van der Waals surface area contributed by atoms with Gasteiger partial charge in [-0.2, -0.15) is 0 Å². The zero-order valence-corrected chi connectivity index (χ0v) is 19.9. The van der Waals surface area contributed by atoms with E-state index in [4.69, 9.17) is 0 Å². The first kappa shape index (κ1) is 24.9. The number of aryl methyl sites for hydroxylation is 2. The van der Waals surface area contributed by atoms with Gasteiger partial charge in [0.2, 0.25) is 11.8 Å². The van der Waals surface area contributed by atoms with Crippen molar-refractivity contribution in [2.75, 3.05) is 12.3 Å². The number of amides is 2. The van der Waals surface area contributed by atoms with Gasteiger partial charge < -0.3 is 10.2 Å². The third-order valence-corrected chi connectivity index (χ3v) is 5.91. The first-order valence-corrected chi connectivity index (χ1v) is 11.8. The predicted molar refractivity (Wildman–Crippen MR) is 126 cm³/mol. The van der Waals surface area contributed by atoms with Gasteiger partial charge in [-0.15, -0.1) is 11.8 Å². The van der Waals surface area contributed by atoms with Crippen LogP contribution < -0.4 is 5.32 Å². The molecule has 4 nitrogen and oxygen atoms in total. The van der Waals surface area contributed by atoms with Gasteiger partial charge in [0.25, 0.3) is 0 Å². The van der Waals surface area contributed by atoms with E-state index in [-0.39, 0.29) is 29.9 Å². The molecule has 0 heterocycles. The summed E-state index contributed by atoms with van der Waals surface area (Å²) in [6, 6.07) is 12.0. The number of carbonyl (C=O) groups is 2. The minimum absolute atomic E-state index is 0.0614. The number of thioether (sulfide) groups is 1. The third kappa shape index (κ3) is 8.02. The molecule has 0 fully saturated rings. The van der Waals surface area contributed by atoms with Crippen molar-refractivity contribution in [1.29, 1.82) is 0 Å². The summed E-state index contributed by atoms with van der Waals surface area (Å²) in [5, 5.41) is 2.88. The van der Waals surface area contributed by atoms with Crippen LogP contribution in [0.5, 0.6) is 0 Å². The van der Waals surface area contributed by atoms with Crippen LogP contribution in [-0.2, 0) is 21.9 Å². The number of halogens is 1. The van der Waals surface area contributed by atoms with Crippen LogP contribution in [0.4, 0.5) is 4.39 Å². The molecule has 2 amide bonds. The average molecular weight is 445 g/mol. The Balaban J connectivity index is 2.09. The monoisotopic (exact) mass is 444 g/mol. The van der Waals surface area contributed by atoms with Crippen LogP contribution in [0.2, 0.25) is 0 Å². The normalized spacial score (nSPS) is 12.0. The fraction of sp³-hybridized carbons (Fsp3) is 0.440. The van der Waals surface area contributed by atoms with Gasteiger partial charge in [-0.1, -0.05) is 61.4 Å². The Kier molecular flexibility index (Phi) is 9.56. The highest BCUT2D eigenvalue weighted by molar-refractivity contribution is 7.99. The first-order valence-electron chi connectivity index (χ1n) is 10.6. The van der Waals surface area contributed by atoms with Gasteiger partial charge in [0.15, 0.2) is 0 Å². The predicted octanol–water partition coefficient (Wildman–Crippen LogP) is 4.87. The molecule has 1 atom stereocenters. The Bertz CT molecular complexity index is 881. The number of benzene rings is 2. The second-order valence-electron chi connectivity index (χ2n) is 8.42. The fourth-order valence-electron chi connectivity index (χ4n) is 3.34. The van der Waals surface area contributed by atoms with E-state index in [2.05, 4.69) is 37.4 Å². The molecule has 0 radical (unpaired) electrons. The van der Waals surface area contributed by atoms with E-state index in [1.165, 1.54) is 39.4 Å². The van der Waals surface area contributed by atoms with Crippen LogP contribution >= 0.6 is 11.8 Å². The van der Waals surface area contributed by atoms with E-state index < -0.39 is 6.04 Å². The van der Waals surface area contributed by atoms with E-state index in [0.29, 0.717) is 23.8 Å². The molecule has 0 aliphatic carbocycles. The van der Waals surface area contributed by atoms with Crippen molar-refractivity contribution in [3.05, 3.63) is 70.5 Å². The summed E-state index contributed by atoms with van der Waals surface area (Å²) in [4.78, 5) is 27.2. The molecule has 0 aliphatic heterocycles. The molecule has 168 valence electrons. The molecule has 2 aromatic rings. The Morgan fingerprint density at radius 2 is 1.71 bits per heavy atom. The summed E-state index contributed by atoms with van der Waals surface area (Å²) >= 11 is 1.51. The first-order chi connectivity index (χ1) is 14.7. The average Bonchev–Trinajstić information content (AvgIpc) is 2.70. The van der Waals surface area contributed by atoms with Gasteiger partial charge >= 0.3 is 0 Å². The SMILES string of the molecule is Cc1cc(C)cc(CSCC(=O)N(Cc2ccccc2F)C(C)C(=O)NCC(C)C)c1. The number of hydrogen-bond donors (Lipinski definition) is 1. The second-order valence-corrected chi connectivity index (χ2v) is 9.40. The molecule has 2 aromatic carbocycles. The number of rotatable bonds is 10. The number of hydrogen-bond acceptors (Lipinski definition) is 3. The maximum Gasteiger partial charge on any atom is 0.242 e. The molecule has 0 bridgehead atoms. The third-order valence-electron chi connectivity index (χ3n) is 4.93. The van der Waals surface area contributed by atoms with E-state index >= 15 is 0 Å². The van der Waals surface area contributed by atoms with Crippen molar-refractivity contribution < 1.29 is 14.0 Å². The summed E-state index contributed by atoms with van der Waals surface area (Å²) in [6.45, 7) is 10.4. The van der Waals surface area contributed by atoms with E-state index in [0.717, 1.165) is 0 Å². The van der Waals surface area contributed by atoms with Crippen molar-refractivity contribution in [2.24, 2.45) is 5.92 Å². The molecule has 0 saturated heterocycles. The fourth-order valence-corrected chi connectivity index (χ4v) is 4.18. The van der Waals surface area contributed by atoms with Gasteiger partial charge in [-0.25, -0.2) is 4.39 Å². The van der Waals surface area contributed by atoms with Crippen LogP contribution in [0, 0.1) is 25.6 Å². The molecule has 1 N–H and O–H groups in total. The molecular formula is C25H33FN2O2S. The highest BCUT2D eigenvalue weighted by Crippen LogP contribution is 2.19. The summed E-state index contributed by atoms with van der Waals surface area (Å²) < 4.78 is 14.2. The highest BCUT2D eigenvalue weighted by Gasteiger charge is 2.26. The van der Waals surface area contributed by atoms with E-state index in [1.54, 1.807) is 25.1 Å². The molecular weight excluding hydrogens is 411 g/mol. The quantitative estimate of drug-likeness (QED) is 0.569. The number of carbonyl (C=O) groups excluding carboxylic acids is 2. The molecule has 6 heteroatoms. The standard InChI is InChI=1S/C25H33FN2O2S/c1-17(2)13-27-25(30)20(5)28(14-22-8-6-7-9-23(22)26)24(29)16-31-15-21-11-18(3)10-19(4)12-21/h6-12,17,20H,13-16H2,1-5H3,(H,27,30). The van der Waals surface area contributed by atoms with E-state index in [9.17, 15) is 14.0 Å². The van der Waals surface area contributed by atoms with Gasteiger partial charge in [0, 0.05) is 24.4 Å². The van der Waals surface area contributed by atoms with E-state index in [1.807, 2.05) is 13.8 Å². The van der Waals surface area contributed by atoms with Crippen LogP contribution in [0.25, 0.3) is 0 Å². The molecule has 2 rings (SSSR count). The summed E-state index contributed by atoms with van der Waals surface area (Å²) in [5.74, 6) is 0.458. The summed E-state index contributed by atoms with van der Waals surface area (Å²) in [7, 11) is 0. The zero-order valence-electron chi connectivity index (χ0n) is 19.1. The van der Waals surface area contributed by atoms with Crippen molar-refractivity contribution in [2.45, 2.75) is 53.0 Å². The molecule has 0 saturated carbocycles.